The van der Waals surface area contributed by atoms with Crippen molar-refractivity contribution in [3.63, 3.8) is 0 Å². The Bertz CT molecular complexity index is 1010. The second-order valence-electron chi connectivity index (χ2n) is 10.2. The highest BCUT2D eigenvalue weighted by atomic mass is 19.4. The van der Waals surface area contributed by atoms with E-state index < -0.39 is 23.2 Å². The highest BCUT2D eigenvalue weighted by molar-refractivity contribution is 5.48. The van der Waals surface area contributed by atoms with Crippen molar-refractivity contribution < 1.29 is 26.3 Å². The van der Waals surface area contributed by atoms with E-state index in [-0.39, 0.29) is 48.8 Å². The van der Waals surface area contributed by atoms with Crippen LogP contribution in [0.25, 0.3) is 0 Å². The highest BCUT2D eigenvalue weighted by Gasteiger charge is 2.63. The van der Waals surface area contributed by atoms with Gasteiger partial charge in [-0.15, -0.1) is 0 Å². The summed E-state index contributed by atoms with van der Waals surface area (Å²) in [5.41, 5.74) is -2.50. The molecule has 37 heavy (non-hydrogen) atoms. The van der Waals surface area contributed by atoms with E-state index in [1.807, 2.05) is 37.4 Å². The molecule has 202 valence electrons. The Morgan fingerprint density at radius 2 is 1.27 bits per heavy atom. The quantitative estimate of drug-likeness (QED) is 0.325. The summed E-state index contributed by atoms with van der Waals surface area (Å²) in [5, 5.41) is 7.32. The molecule has 0 spiro atoms. The van der Waals surface area contributed by atoms with Crippen molar-refractivity contribution in [1.29, 1.82) is 5.26 Å². The van der Waals surface area contributed by atoms with Crippen LogP contribution in [0.5, 0.6) is 0 Å². The van der Waals surface area contributed by atoms with Crippen LogP contribution in [-0.2, 0) is 23.8 Å². The number of nitrogens with zero attached hydrogens (tertiary/aromatic N) is 2. The summed E-state index contributed by atoms with van der Waals surface area (Å²) >= 11 is 0. The fourth-order valence-corrected chi connectivity index (χ4v) is 5.72. The number of nitriles is 1. The Morgan fingerprint density at radius 1 is 0.811 bits per heavy atom. The van der Waals surface area contributed by atoms with Gasteiger partial charge in [-0.25, -0.2) is 0 Å². The van der Waals surface area contributed by atoms with E-state index in [4.69, 9.17) is 5.26 Å². The minimum atomic E-state index is -4.48. The van der Waals surface area contributed by atoms with E-state index in [0.717, 1.165) is 5.56 Å². The predicted molar refractivity (Wildman–Crippen MR) is 132 cm³/mol. The molecular weight excluding hydrogens is 490 g/mol. The topological polar surface area (TPSA) is 27.0 Å². The summed E-state index contributed by atoms with van der Waals surface area (Å²) in [4.78, 5) is 2.06. The summed E-state index contributed by atoms with van der Waals surface area (Å²) in [6, 6.07) is 15.8. The van der Waals surface area contributed by atoms with Gasteiger partial charge in [-0.05, 0) is 74.4 Å². The molecule has 0 aliphatic heterocycles. The zero-order valence-corrected chi connectivity index (χ0v) is 21.4. The van der Waals surface area contributed by atoms with Gasteiger partial charge < -0.3 is 4.90 Å². The number of hydrogen-bond acceptors (Lipinski definition) is 2. The molecule has 0 atom stereocenters. The van der Waals surface area contributed by atoms with E-state index in [9.17, 15) is 26.3 Å². The van der Waals surface area contributed by atoms with Gasteiger partial charge in [0.25, 0.3) is 0 Å². The minimum Gasteiger partial charge on any atom is -0.302 e. The maximum absolute atomic E-state index is 14.2. The fourth-order valence-electron chi connectivity index (χ4n) is 5.72. The molecule has 0 saturated heterocycles. The maximum Gasteiger partial charge on any atom is 0.398 e. The van der Waals surface area contributed by atoms with Crippen LogP contribution in [-0.4, -0.2) is 30.8 Å². The van der Waals surface area contributed by atoms with Crippen LogP contribution in [0.3, 0.4) is 0 Å². The first-order chi connectivity index (χ1) is 17.4. The number of benzene rings is 2. The largest absolute Gasteiger partial charge is 0.398 e. The van der Waals surface area contributed by atoms with Crippen LogP contribution in [0.15, 0.2) is 48.5 Å². The molecule has 0 unspecified atom stereocenters. The van der Waals surface area contributed by atoms with Crippen LogP contribution in [0, 0.1) is 11.3 Å². The monoisotopic (exact) mass is 524 g/mol. The number of halogens is 6. The SMILES string of the molecule is CC#N.CN(CCCc1c(C2(C(F)(F)F)CCC2)cccc1C1(C(F)(F)F)CCC1)Cc1ccccc1. The van der Waals surface area contributed by atoms with Gasteiger partial charge in [0.05, 0.1) is 16.9 Å². The van der Waals surface area contributed by atoms with E-state index >= 15 is 0 Å². The normalized spacial score (nSPS) is 18.2. The molecule has 0 bridgehead atoms. The first kappa shape index (κ1) is 29.0. The summed E-state index contributed by atoms with van der Waals surface area (Å²) < 4.78 is 85.5. The molecule has 0 aromatic heterocycles. The molecule has 2 aromatic rings. The summed E-state index contributed by atoms with van der Waals surface area (Å²) in [5.74, 6) is 0. The number of alkyl halides is 6. The van der Waals surface area contributed by atoms with E-state index in [2.05, 4.69) is 4.90 Å². The van der Waals surface area contributed by atoms with Crippen LogP contribution >= 0.6 is 0 Å². The lowest BCUT2D eigenvalue weighted by Crippen LogP contribution is -2.51. The lowest BCUT2D eigenvalue weighted by atomic mass is 9.58. The molecule has 2 nitrogen and oxygen atoms in total. The van der Waals surface area contributed by atoms with Crippen molar-refractivity contribution in [2.45, 2.75) is 88.0 Å². The Hall–Kier alpha value is -2.53. The molecule has 0 radical (unpaired) electrons. The van der Waals surface area contributed by atoms with Crippen LogP contribution in [0.1, 0.15) is 74.1 Å². The summed E-state index contributed by atoms with van der Waals surface area (Å²) in [6.45, 7) is 2.69. The lowest BCUT2D eigenvalue weighted by molar-refractivity contribution is -0.215. The van der Waals surface area contributed by atoms with Crippen molar-refractivity contribution in [2.75, 3.05) is 13.6 Å². The number of hydrogen-bond donors (Lipinski definition) is 0. The third kappa shape index (κ3) is 5.82. The number of rotatable bonds is 8. The van der Waals surface area contributed by atoms with Crippen LogP contribution < -0.4 is 0 Å². The van der Waals surface area contributed by atoms with Gasteiger partial charge in [-0.2, -0.15) is 31.6 Å². The smallest absolute Gasteiger partial charge is 0.302 e. The van der Waals surface area contributed by atoms with Crippen molar-refractivity contribution in [2.24, 2.45) is 0 Å². The molecule has 0 heterocycles. The molecule has 2 aliphatic carbocycles. The van der Waals surface area contributed by atoms with Gasteiger partial charge in [-0.1, -0.05) is 61.4 Å². The third-order valence-corrected chi connectivity index (χ3v) is 7.97. The molecule has 8 heteroatoms. The Kier molecular flexibility index (Phi) is 9.00. The van der Waals surface area contributed by atoms with Crippen molar-refractivity contribution in [3.8, 4) is 6.07 Å². The first-order valence-electron chi connectivity index (χ1n) is 12.7. The third-order valence-electron chi connectivity index (χ3n) is 7.97. The van der Waals surface area contributed by atoms with E-state index in [0.29, 0.717) is 32.4 Å². The average molecular weight is 525 g/mol. The van der Waals surface area contributed by atoms with Gasteiger partial charge in [-0.3, -0.25) is 0 Å². The molecule has 2 fully saturated rings. The van der Waals surface area contributed by atoms with Gasteiger partial charge in [0, 0.05) is 13.5 Å². The first-order valence-corrected chi connectivity index (χ1v) is 12.7. The van der Waals surface area contributed by atoms with E-state index in [1.165, 1.54) is 25.1 Å². The highest BCUT2D eigenvalue weighted by Crippen LogP contribution is 2.59. The molecular formula is C29H34F6N2. The minimum absolute atomic E-state index is 0.0557. The Labute approximate surface area is 215 Å². The molecule has 2 aromatic carbocycles. The van der Waals surface area contributed by atoms with Crippen molar-refractivity contribution in [3.05, 3.63) is 70.8 Å². The van der Waals surface area contributed by atoms with Gasteiger partial charge >= 0.3 is 12.4 Å². The zero-order valence-electron chi connectivity index (χ0n) is 21.4. The molecule has 2 aliphatic rings. The lowest BCUT2D eigenvalue weighted by Gasteiger charge is -2.48. The van der Waals surface area contributed by atoms with Gasteiger partial charge in [0.1, 0.15) is 0 Å². The van der Waals surface area contributed by atoms with Gasteiger partial charge in [0.2, 0.25) is 0 Å². The fraction of sp³-hybridized carbons (Fsp3) is 0.552. The second kappa shape index (κ2) is 11.5. The Morgan fingerprint density at radius 3 is 1.65 bits per heavy atom. The standard InChI is InChI=1S/C27H31F6N.C2H3N/c1-34(19-20-9-3-2-4-10-20)18-6-11-21-22(24(14-7-15-24)26(28,29)30)12-5-13-23(21)25(16-8-17-25)27(31,32)33;1-2-3/h2-5,9-10,12-13H,6-8,11,14-19H2,1H3;1H3. The zero-order chi connectivity index (χ0) is 27.3. The second-order valence-corrected chi connectivity index (χ2v) is 10.2. The van der Waals surface area contributed by atoms with Crippen molar-refractivity contribution in [1.82, 2.24) is 4.90 Å². The molecule has 0 N–H and O–H groups in total. The molecule has 4 rings (SSSR count). The maximum atomic E-state index is 14.2. The van der Waals surface area contributed by atoms with E-state index in [1.54, 1.807) is 6.07 Å². The Balaban J connectivity index is 0.00000121. The molecule has 0 amide bonds. The average Bonchev–Trinajstić information content (AvgIpc) is 2.73. The van der Waals surface area contributed by atoms with Gasteiger partial charge in [0.15, 0.2) is 0 Å². The molecule has 2 saturated carbocycles. The predicted octanol–water partition coefficient (Wildman–Crippen LogP) is 8.25. The van der Waals surface area contributed by atoms with Crippen LogP contribution in [0.4, 0.5) is 26.3 Å². The van der Waals surface area contributed by atoms with Crippen LogP contribution in [0.2, 0.25) is 0 Å². The summed E-state index contributed by atoms with van der Waals surface area (Å²) in [7, 11) is 1.92. The van der Waals surface area contributed by atoms with Crippen molar-refractivity contribution >= 4 is 0 Å². The summed E-state index contributed by atoms with van der Waals surface area (Å²) in [6.07, 6.45) is -7.60.